The molecule has 1 aromatic rings. The van der Waals surface area contributed by atoms with Gasteiger partial charge in [0.25, 0.3) is 0 Å². The van der Waals surface area contributed by atoms with E-state index in [1.54, 1.807) is 12.1 Å². The van der Waals surface area contributed by atoms with Crippen LogP contribution in [-0.2, 0) is 35.2 Å². The molecule has 0 radical (unpaired) electrons. The SMILES string of the molecule is C=CC[C@H](NC(=O)[C@H](CCCCN)NC(=O)[C@H](CCCCN)NC(=O)[C@H](C)N)C(=O)N[C@@H](Cc1ccc(O)cc1)C(=O)N[C@@H](CCC1CCCCC1)C(=O)O. The zero-order valence-corrected chi connectivity index (χ0v) is 32.2. The quantitative estimate of drug-likeness (QED) is 0.0468. The molecule has 0 saturated heterocycles. The highest BCUT2D eigenvalue weighted by Gasteiger charge is 2.32. The molecule has 13 N–H and O–H groups in total. The molecule has 6 atom stereocenters. The Kier molecular flexibility index (Phi) is 21.6. The van der Waals surface area contributed by atoms with Gasteiger partial charge in [0.15, 0.2) is 0 Å². The molecular formula is C39H64N8O8. The molecule has 0 unspecified atom stereocenters. The molecule has 1 aliphatic rings. The van der Waals surface area contributed by atoms with E-state index in [9.17, 15) is 39.0 Å². The van der Waals surface area contributed by atoms with Crippen molar-refractivity contribution >= 4 is 35.5 Å². The van der Waals surface area contributed by atoms with E-state index in [4.69, 9.17) is 17.2 Å². The number of aromatic hydroxyl groups is 1. The minimum absolute atomic E-state index is 0.00232. The van der Waals surface area contributed by atoms with Crippen molar-refractivity contribution in [1.29, 1.82) is 0 Å². The predicted octanol–water partition coefficient (Wildman–Crippen LogP) is 0.985. The molecular weight excluding hydrogens is 708 g/mol. The van der Waals surface area contributed by atoms with Gasteiger partial charge in [0.2, 0.25) is 29.5 Å². The Balaban J connectivity index is 2.28. The van der Waals surface area contributed by atoms with Crippen molar-refractivity contribution in [2.24, 2.45) is 23.1 Å². The molecule has 0 aliphatic heterocycles. The number of nitrogens with one attached hydrogen (secondary N) is 5. The number of carboxylic acid groups (broad SMARTS) is 1. The highest BCUT2D eigenvalue weighted by atomic mass is 16.4. The summed E-state index contributed by atoms with van der Waals surface area (Å²) in [5.74, 6) is -4.07. The number of nitrogens with two attached hydrogens (primary N) is 3. The van der Waals surface area contributed by atoms with E-state index in [1.165, 1.54) is 25.1 Å². The molecule has 55 heavy (non-hydrogen) atoms. The van der Waals surface area contributed by atoms with Gasteiger partial charge in [-0.05, 0) is 101 Å². The standard InChI is InChI=1S/C39H64N8O8/c1-3-11-29(44-37(52)31(15-8-10-23-41)45-36(51)30(14-7-9-22-40)43-34(49)25(2)42)35(50)47-33(24-27-16-19-28(48)20-17-27)38(53)46-32(39(54)55)21-18-26-12-5-4-6-13-26/h3,16-17,19-20,25-26,29-33,48H,1,4-15,18,21-24,40-42H2,2H3,(H,43,49)(H,44,52)(H,45,51)(H,46,53)(H,47,50)(H,54,55)/t25-,29-,30-,31-,32-,33-/m0/s1. The third kappa shape index (κ3) is 17.6. The highest BCUT2D eigenvalue weighted by Crippen LogP contribution is 2.28. The predicted molar refractivity (Wildman–Crippen MR) is 209 cm³/mol. The van der Waals surface area contributed by atoms with Gasteiger partial charge in [-0.3, -0.25) is 24.0 Å². The zero-order valence-electron chi connectivity index (χ0n) is 32.2. The molecule has 308 valence electrons. The summed E-state index contributed by atoms with van der Waals surface area (Å²) in [4.78, 5) is 79.5. The Bertz CT molecular complexity index is 1390. The summed E-state index contributed by atoms with van der Waals surface area (Å²) in [5.41, 5.74) is 17.6. The minimum atomic E-state index is -1.25. The number of amides is 5. The van der Waals surface area contributed by atoms with Gasteiger partial charge in [0, 0.05) is 6.42 Å². The first-order valence-corrected chi connectivity index (χ1v) is 19.6. The summed E-state index contributed by atoms with van der Waals surface area (Å²) in [6.07, 6.45) is 10.2. The lowest BCUT2D eigenvalue weighted by molar-refractivity contribution is -0.142. The summed E-state index contributed by atoms with van der Waals surface area (Å²) >= 11 is 0. The Morgan fingerprint density at radius 3 is 1.69 bits per heavy atom. The van der Waals surface area contributed by atoms with Crippen molar-refractivity contribution in [3.05, 3.63) is 42.5 Å². The van der Waals surface area contributed by atoms with Crippen LogP contribution in [0.4, 0.5) is 0 Å². The summed E-state index contributed by atoms with van der Waals surface area (Å²) in [6, 6.07) is -0.598. The maximum atomic E-state index is 13.8. The molecule has 0 spiro atoms. The monoisotopic (exact) mass is 772 g/mol. The number of carbonyl (C=O) groups is 6. The second-order valence-electron chi connectivity index (χ2n) is 14.5. The van der Waals surface area contributed by atoms with E-state index in [1.807, 2.05) is 0 Å². The molecule has 2 rings (SSSR count). The topological polar surface area (TPSA) is 281 Å². The first-order chi connectivity index (χ1) is 26.3. The number of carbonyl (C=O) groups excluding carboxylic acids is 5. The number of hydrogen-bond donors (Lipinski definition) is 10. The number of aliphatic carboxylic acids is 1. The van der Waals surface area contributed by atoms with E-state index in [0.717, 1.165) is 32.1 Å². The van der Waals surface area contributed by atoms with Gasteiger partial charge in [0.05, 0.1) is 6.04 Å². The van der Waals surface area contributed by atoms with Crippen LogP contribution in [0.15, 0.2) is 36.9 Å². The zero-order chi connectivity index (χ0) is 40.8. The van der Waals surface area contributed by atoms with Crippen LogP contribution in [0.1, 0.15) is 102 Å². The number of carboxylic acids is 1. The van der Waals surface area contributed by atoms with Gasteiger partial charge >= 0.3 is 5.97 Å². The van der Waals surface area contributed by atoms with E-state index in [-0.39, 0.29) is 37.9 Å². The van der Waals surface area contributed by atoms with E-state index in [2.05, 4.69) is 33.2 Å². The third-order valence-electron chi connectivity index (χ3n) is 9.82. The molecule has 16 heteroatoms. The molecule has 1 aliphatic carbocycles. The second-order valence-corrected chi connectivity index (χ2v) is 14.5. The Hall–Kier alpha value is -4.54. The summed E-state index contributed by atoms with van der Waals surface area (Å²) in [5, 5.41) is 33.1. The number of phenolic OH excluding ortho intramolecular Hbond substituents is 1. The third-order valence-corrected chi connectivity index (χ3v) is 9.82. The lowest BCUT2D eigenvalue weighted by atomic mass is 9.85. The van der Waals surface area contributed by atoms with Crippen LogP contribution in [0.25, 0.3) is 0 Å². The summed E-state index contributed by atoms with van der Waals surface area (Å²) < 4.78 is 0. The van der Waals surface area contributed by atoms with Crippen molar-refractivity contribution in [2.45, 2.75) is 139 Å². The maximum absolute atomic E-state index is 13.8. The van der Waals surface area contributed by atoms with Crippen molar-refractivity contribution in [2.75, 3.05) is 13.1 Å². The van der Waals surface area contributed by atoms with Gasteiger partial charge in [-0.25, -0.2) is 4.79 Å². The van der Waals surface area contributed by atoms with Crippen LogP contribution in [0, 0.1) is 5.92 Å². The van der Waals surface area contributed by atoms with Gasteiger partial charge in [-0.1, -0.05) is 50.3 Å². The molecule has 0 heterocycles. The van der Waals surface area contributed by atoms with Crippen LogP contribution >= 0.6 is 0 Å². The van der Waals surface area contributed by atoms with Crippen molar-refractivity contribution in [3.63, 3.8) is 0 Å². The van der Waals surface area contributed by atoms with E-state index in [0.29, 0.717) is 56.7 Å². The van der Waals surface area contributed by atoms with Crippen LogP contribution in [0.3, 0.4) is 0 Å². The van der Waals surface area contributed by atoms with E-state index >= 15 is 0 Å². The molecule has 5 amide bonds. The minimum Gasteiger partial charge on any atom is -0.508 e. The van der Waals surface area contributed by atoms with Crippen LogP contribution in [0.2, 0.25) is 0 Å². The Morgan fingerprint density at radius 1 is 0.709 bits per heavy atom. The smallest absolute Gasteiger partial charge is 0.326 e. The summed E-state index contributed by atoms with van der Waals surface area (Å²) in [7, 11) is 0. The van der Waals surface area contributed by atoms with Crippen LogP contribution in [-0.4, -0.2) is 95.1 Å². The average molecular weight is 773 g/mol. The highest BCUT2D eigenvalue weighted by molar-refractivity contribution is 5.96. The lowest BCUT2D eigenvalue weighted by Crippen LogP contribution is -2.59. The number of benzene rings is 1. The molecule has 1 fully saturated rings. The number of hydrogen-bond acceptors (Lipinski definition) is 10. The fourth-order valence-corrected chi connectivity index (χ4v) is 6.53. The van der Waals surface area contributed by atoms with Crippen molar-refractivity contribution in [1.82, 2.24) is 26.6 Å². The van der Waals surface area contributed by atoms with Gasteiger partial charge < -0.3 is 54.0 Å². The first kappa shape index (κ1) is 46.6. The van der Waals surface area contributed by atoms with Crippen LogP contribution in [0.5, 0.6) is 5.75 Å². The van der Waals surface area contributed by atoms with Crippen molar-refractivity contribution in [3.8, 4) is 5.75 Å². The maximum Gasteiger partial charge on any atom is 0.326 e. The number of rotatable bonds is 26. The molecule has 1 aromatic carbocycles. The fourth-order valence-electron chi connectivity index (χ4n) is 6.53. The largest absolute Gasteiger partial charge is 0.508 e. The molecule has 0 bridgehead atoms. The number of phenols is 1. The number of unbranched alkanes of at least 4 members (excludes halogenated alkanes) is 2. The molecule has 16 nitrogen and oxygen atoms in total. The fraction of sp³-hybridized carbons (Fsp3) is 0.641. The molecule has 0 aromatic heterocycles. The van der Waals surface area contributed by atoms with Crippen LogP contribution < -0.4 is 43.8 Å². The van der Waals surface area contributed by atoms with Gasteiger partial charge in [0.1, 0.15) is 36.0 Å². The van der Waals surface area contributed by atoms with Crippen molar-refractivity contribution < 1.29 is 39.0 Å². The van der Waals surface area contributed by atoms with Gasteiger partial charge in [-0.15, -0.1) is 6.58 Å². The Labute approximate surface area is 324 Å². The lowest BCUT2D eigenvalue weighted by Gasteiger charge is -2.27. The normalized spacial score (nSPS) is 16.3. The Morgan fingerprint density at radius 2 is 1.18 bits per heavy atom. The van der Waals surface area contributed by atoms with Gasteiger partial charge in [-0.2, -0.15) is 0 Å². The summed E-state index contributed by atoms with van der Waals surface area (Å²) in [6.45, 7) is 5.94. The average Bonchev–Trinajstić information content (AvgIpc) is 3.16. The second kappa shape index (κ2) is 25.5. The first-order valence-electron chi connectivity index (χ1n) is 19.6. The van der Waals surface area contributed by atoms with E-state index < -0.39 is 71.8 Å². The molecule has 1 saturated carbocycles.